The molecule has 2 atom stereocenters. The summed E-state index contributed by atoms with van der Waals surface area (Å²) in [7, 11) is 1.55. The fourth-order valence-electron chi connectivity index (χ4n) is 6.45. The first kappa shape index (κ1) is 27.8. The van der Waals surface area contributed by atoms with Crippen molar-refractivity contribution < 1.29 is 27.4 Å². The predicted octanol–water partition coefficient (Wildman–Crippen LogP) is 8.50. The molecule has 1 heterocycles. The standard InChI is InChI=1S/C32H35F4NO2/c1-31(2)17-25-29(26(38)18-31)28(20-10-14-23(33)15-11-20)24(30(37-25)21-6-4-5-7-21)16-27(39-3)19-8-12-22(13-9-19)32(34,35)36/h8-15,21,26-27,38H,4-7,16-18H2,1-3H3. The van der Waals surface area contributed by atoms with E-state index >= 15 is 0 Å². The molecule has 0 aliphatic heterocycles. The monoisotopic (exact) mass is 541 g/mol. The number of aliphatic hydroxyl groups is 1. The topological polar surface area (TPSA) is 42.4 Å². The van der Waals surface area contributed by atoms with Crippen molar-refractivity contribution in [1.82, 2.24) is 4.98 Å². The number of hydrogen-bond donors (Lipinski definition) is 1. The van der Waals surface area contributed by atoms with Crippen LogP contribution in [0.25, 0.3) is 11.1 Å². The van der Waals surface area contributed by atoms with Crippen molar-refractivity contribution in [2.24, 2.45) is 5.41 Å². The number of nitrogens with zero attached hydrogens (tertiary/aromatic N) is 1. The lowest BCUT2D eigenvalue weighted by Gasteiger charge is -2.37. The van der Waals surface area contributed by atoms with Gasteiger partial charge in [0.1, 0.15) is 5.82 Å². The van der Waals surface area contributed by atoms with Gasteiger partial charge in [0, 0.05) is 36.4 Å². The number of rotatable bonds is 6. The minimum Gasteiger partial charge on any atom is -0.388 e. The number of aliphatic hydroxyl groups excluding tert-OH is 1. The minimum atomic E-state index is -4.42. The summed E-state index contributed by atoms with van der Waals surface area (Å²) in [6, 6.07) is 11.4. The first-order valence-corrected chi connectivity index (χ1v) is 13.7. The van der Waals surface area contributed by atoms with Gasteiger partial charge in [0.05, 0.1) is 17.8 Å². The van der Waals surface area contributed by atoms with E-state index in [2.05, 4.69) is 13.8 Å². The molecule has 0 amide bonds. The van der Waals surface area contributed by atoms with Gasteiger partial charge in [-0.05, 0) is 77.6 Å². The van der Waals surface area contributed by atoms with E-state index in [1.54, 1.807) is 19.2 Å². The SMILES string of the molecule is COC(Cc1c(C2CCCC2)nc2c(c1-c1ccc(F)cc1)C(O)CC(C)(C)C2)c1ccc(C(F)(F)F)cc1. The van der Waals surface area contributed by atoms with E-state index in [0.29, 0.717) is 18.4 Å². The van der Waals surface area contributed by atoms with Crippen molar-refractivity contribution >= 4 is 0 Å². The van der Waals surface area contributed by atoms with Crippen LogP contribution in [0.1, 0.15) is 97.7 Å². The highest BCUT2D eigenvalue weighted by atomic mass is 19.4. The Balaban J connectivity index is 1.69. The molecule has 7 heteroatoms. The maximum Gasteiger partial charge on any atom is 0.416 e. The number of methoxy groups -OCH3 is 1. The summed E-state index contributed by atoms with van der Waals surface area (Å²) >= 11 is 0. The molecular formula is C32H35F4NO2. The lowest BCUT2D eigenvalue weighted by Crippen LogP contribution is -2.29. The molecule has 2 aromatic carbocycles. The summed E-state index contributed by atoms with van der Waals surface area (Å²) in [5.74, 6) is -0.0998. The van der Waals surface area contributed by atoms with Gasteiger partial charge in [-0.2, -0.15) is 13.2 Å². The summed E-state index contributed by atoms with van der Waals surface area (Å²) in [5.41, 5.74) is 5.02. The van der Waals surface area contributed by atoms with Crippen LogP contribution in [0.5, 0.6) is 0 Å². The number of ether oxygens (including phenoxy) is 1. The molecular weight excluding hydrogens is 506 g/mol. The van der Waals surface area contributed by atoms with Crippen LogP contribution in [0, 0.1) is 11.2 Å². The van der Waals surface area contributed by atoms with E-state index in [1.807, 2.05) is 0 Å². The number of aromatic nitrogens is 1. The molecule has 39 heavy (non-hydrogen) atoms. The van der Waals surface area contributed by atoms with E-state index in [-0.39, 0.29) is 17.2 Å². The Morgan fingerprint density at radius 3 is 2.26 bits per heavy atom. The van der Waals surface area contributed by atoms with Crippen LogP contribution in [0.2, 0.25) is 0 Å². The van der Waals surface area contributed by atoms with Crippen LogP contribution in [-0.2, 0) is 23.8 Å². The van der Waals surface area contributed by atoms with Crippen molar-refractivity contribution in [1.29, 1.82) is 0 Å². The smallest absolute Gasteiger partial charge is 0.388 e. The number of halogens is 4. The Kier molecular flexibility index (Phi) is 7.59. The second-order valence-electron chi connectivity index (χ2n) is 11.8. The second-order valence-corrected chi connectivity index (χ2v) is 11.8. The normalized spacial score (nSPS) is 20.2. The zero-order valence-electron chi connectivity index (χ0n) is 22.6. The van der Waals surface area contributed by atoms with Crippen molar-refractivity contribution in [3.8, 4) is 11.1 Å². The average molecular weight is 542 g/mol. The van der Waals surface area contributed by atoms with Crippen LogP contribution in [0.4, 0.5) is 17.6 Å². The number of alkyl halides is 3. The highest BCUT2D eigenvalue weighted by Crippen LogP contribution is 2.49. The summed E-state index contributed by atoms with van der Waals surface area (Å²) in [6.07, 6.45) is 0.214. The third-order valence-electron chi connectivity index (χ3n) is 8.33. The van der Waals surface area contributed by atoms with Gasteiger partial charge in [-0.3, -0.25) is 4.98 Å². The molecule has 1 fully saturated rings. The third kappa shape index (κ3) is 5.75. The van der Waals surface area contributed by atoms with Gasteiger partial charge in [-0.15, -0.1) is 0 Å². The predicted molar refractivity (Wildman–Crippen MR) is 143 cm³/mol. The van der Waals surface area contributed by atoms with Gasteiger partial charge in [0.25, 0.3) is 0 Å². The van der Waals surface area contributed by atoms with Gasteiger partial charge in [-0.25, -0.2) is 4.39 Å². The minimum absolute atomic E-state index is 0.122. The Hall–Kier alpha value is -2.77. The highest BCUT2D eigenvalue weighted by Gasteiger charge is 2.38. The quantitative estimate of drug-likeness (QED) is 0.318. The maximum atomic E-state index is 14.0. The molecule has 0 bridgehead atoms. The molecule has 2 aliphatic rings. The van der Waals surface area contributed by atoms with Crippen molar-refractivity contribution in [2.75, 3.05) is 7.11 Å². The molecule has 5 rings (SSSR count). The second kappa shape index (κ2) is 10.7. The molecule has 3 nitrogen and oxygen atoms in total. The van der Waals surface area contributed by atoms with Crippen LogP contribution < -0.4 is 0 Å². The summed E-state index contributed by atoms with van der Waals surface area (Å²) < 4.78 is 59.5. The highest BCUT2D eigenvalue weighted by molar-refractivity contribution is 5.74. The van der Waals surface area contributed by atoms with Crippen LogP contribution in [-0.4, -0.2) is 17.2 Å². The summed E-state index contributed by atoms with van der Waals surface area (Å²) in [5, 5.41) is 11.4. The maximum absolute atomic E-state index is 14.0. The van der Waals surface area contributed by atoms with Gasteiger partial charge >= 0.3 is 6.18 Å². The number of hydrogen-bond acceptors (Lipinski definition) is 3. The van der Waals surface area contributed by atoms with Gasteiger partial charge in [0.15, 0.2) is 0 Å². The first-order chi connectivity index (χ1) is 18.5. The van der Waals surface area contributed by atoms with E-state index in [9.17, 15) is 22.7 Å². The van der Waals surface area contributed by atoms with Crippen molar-refractivity contribution in [3.63, 3.8) is 0 Å². The Bertz CT molecular complexity index is 1310. The largest absolute Gasteiger partial charge is 0.416 e. The third-order valence-corrected chi connectivity index (χ3v) is 8.33. The lowest BCUT2D eigenvalue weighted by atomic mass is 9.71. The van der Waals surface area contributed by atoms with Gasteiger partial charge in [-0.1, -0.05) is 51.0 Å². The Labute approximate surface area is 227 Å². The molecule has 1 aromatic heterocycles. The van der Waals surface area contributed by atoms with E-state index in [0.717, 1.165) is 77.9 Å². The molecule has 3 aromatic rings. The van der Waals surface area contributed by atoms with Crippen molar-refractivity contribution in [3.05, 3.63) is 88.0 Å². The molecule has 0 saturated heterocycles. The fraction of sp³-hybridized carbons (Fsp3) is 0.469. The van der Waals surface area contributed by atoms with Gasteiger partial charge < -0.3 is 9.84 Å². The fourth-order valence-corrected chi connectivity index (χ4v) is 6.45. The molecule has 0 radical (unpaired) electrons. The number of pyridine rings is 1. The van der Waals surface area contributed by atoms with E-state index in [1.165, 1.54) is 24.3 Å². The number of benzene rings is 2. The lowest BCUT2D eigenvalue weighted by molar-refractivity contribution is -0.137. The molecule has 1 N–H and O–H groups in total. The average Bonchev–Trinajstić information content (AvgIpc) is 3.41. The zero-order valence-corrected chi connectivity index (χ0v) is 22.6. The summed E-state index contributed by atoms with van der Waals surface area (Å²) in [4.78, 5) is 5.23. The molecule has 208 valence electrons. The Morgan fingerprint density at radius 1 is 1.03 bits per heavy atom. The molecule has 1 saturated carbocycles. The number of fused-ring (bicyclic) bond motifs is 1. The Morgan fingerprint density at radius 2 is 1.67 bits per heavy atom. The summed E-state index contributed by atoms with van der Waals surface area (Å²) in [6.45, 7) is 4.26. The van der Waals surface area contributed by atoms with Crippen LogP contribution >= 0.6 is 0 Å². The first-order valence-electron chi connectivity index (χ1n) is 13.7. The van der Waals surface area contributed by atoms with Gasteiger partial charge in [0.2, 0.25) is 0 Å². The molecule has 2 aliphatic carbocycles. The van der Waals surface area contributed by atoms with Crippen LogP contribution in [0.3, 0.4) is 0 Å². The van der Waals surface area contributed by atoms with Crippen LogP contribution in [0.15, 0.2) is 48.5 Å². The zero-order chi connectivity index (χ0) is 27.9. The van der Waals surface area contributed by atoms with Crippen molar-refractivity contribution in [2.45, 2.75) is 83.1 Å². The molecule has 2 unspecified atom stereocenters. The molecule has 0 spiro atoms. The van der Waals surface area contributed by atoms with E-state index in [4.69, 9.17) is 9.72 Å². The van der Waals surface area contributed by atoms with E-state index < -0.39 is 23.9 Å².